The minimum Gasteiger partial charge on any atom is -0.455 e. The topological polar surface area (TPSA) is 19.6 Å². The highest BCUT2D eigenvalue weighted by molar-refractivity contribution is 7.26. The number of furan rings is 1. The summed E-state index contributed by atoms with van der Waals surface area (Å²) in [7, 11) is 0. The lowest BCUT2D eigenvalue weighted by Crippen LogP contribution is -2.10. The Morgan fingerprint density at radius 2 is 0.683 bits per heavy atom. The summed E-state index contributed by atoms with van der Waals surface area (Å²) in [5, 5.41) is 4.94. The Morgan fingerprint density at radius 1 is 0.293 bits per heavy atom. The monoisotopic (exact) mass is 1070 g/mol. The zero-order valence-electron chi connectivity index (χ0n) is 46.6. The summed E-state index contributed by atoms with van der Waals surface area (Å²) in [6.45, 7) is 8.96. The van der Waals surface area contributed by atoms with Crippen molar-refractivity contribution in [1.29, 1.82) is 0 Å². The fraction of sp³-hybridized carbons (Fsp3) is 0.0769. The second-order valence-electron chi connectivity index (χ2n) is 21.7. The Hall–Kier alpha value is -9.74. The maximum Gasteiger partial charge on any atom is 0.143 e. The van der Waals surface area contributed by atoms with Gasteiger partial charge in [0.2, 0.25) is 0 Å². The minimum atomic E-state index is 0.478. The molecule has 12 aromatic carbocycles. The Bertz CT molecular complexity index is 4220. The lowest BCUT2D eigenvalue weighted by Gasteiger charge is -2.27. The third kappa shape index (κ3) is 10.4. The first-order valence-corrected chi connectivity index (χ1v) is 29.3. The van der Waals surface area contributed by atoms with E-state index in [1.807, 2.05) is 23.5 Å². The zero-order valence-corrected chi connectivity index (χ0v) is 47.4. The Balaban J connectivity index is 0.000000154. The van der Waals surface area contributed by atoms with Gasteiger partial charge in [-0.25, -0.2) is 0 Å². The van der Waals surface area contributed by atoms with E-state index in [2.05, 4.69) is 317 Å². The van der Waals surface area contributed by atoms with Gasteiger partial charge < -0.3 is 14.2 Å². The van der Waals surface area contributed by atoms with E-state index in [0.29, 0.717) is 11.8 Å². The van der Waals surface area contributed by atoms with Gasteiger partial charge in [0.25, 0.3) is 0 Å². The molecule has 0 atom stereocenters. The summed E-state index contributed by atoms with van der Waals surface area (Å²) in [4.78, 5) is 4.73. The number of hydrogen-bond donors (Lipinski definition) is 0. The molecule has 396 valence electrons. The first-order chi connectivity index (χ1) is 40.3. The molecule has 4 heteroatoms. The van der Waals surface area contributed by atoms with Crippen LogP contribution in [0.15, 0.2) is 296 Å². The predicted molar refractivity (Wildman–Crippen MR) is 352 cm³/mol. The van der Waals surface area contributed by atoms with Crippen LogP contribution >= 0.6 is 11.3 Å². The van der Waals surface area contributed by atoms with Gasteiger partial charge in [0.05, 0.1) is 0 Å². The molecule has 82 heavy (non-hydrogen) atoms. The third-order valence-electron chi connectivity index (χ3n) is 15.7. The molecule has 0 fully saturated rings. The van der Waals surface area contributed by atoms with Crippen molar-refractivity contribution < 1.29 is 4.42 Å². The van der Waals surface area contributed by atoms with Gasteiger partial charge in [-0.2, -0.15) is 0 Å². The second-order valence-corrected chi connectivity index (χ2v) is 22.7. The molecule has 0 radical (unpaired) electrons. The van der Waals surface area contributed by atoms with Crippen LogP contribution in [-0.4, -0.2) is 0 Å². The van der Waals surface area contributed by atoms with Gasteiger partial charge in [-0.05, 0) is 147 Å². The van der Waals surface area contributed by atoms with Crippen LogP contribution in [0, 0.1) is 0 Å². The lowest BCUT2D eigenvalue weighted by atomic mass is 10.00. The molecule has 0 unspecified atom stereocenters. The van der Waals surface area contributed by atoms with Crippen LogP contribution < -0.4 is 9.80 Å². The Kier molecular flexibility index (Phi) is 14.4. The number of nitrogens with zero attached hydrogens (tertiary/aromatic N) is 2. The first kappa shape index (κ1) is 51.7. The number of rotatable bonds is 12. The van der Waals surface area contributed by atoms with Gasteiger partial charge in [-0.1, -0.05) is 234 Å². The van der Waals surface area contributed by atoms with E-state index in [1.54, 1.807) is 0 Å². The smallest absolute Gasteiger partial charge is 0.143 e. The van der Waals surface area contributed by atoms with E-state index in [-0.39, 0.29) is 0 Å². The van der Waals surface area contributed by atoms with Crippen LogP contribution in [0.3, 0.4) is 0 Å². The van der Waals surface area contributed by atoms with Crippen LogP contribution in [0.25, 0.3) is 86.6 Å². The molecular formula is C78H62N2OS. The summed E-state index contributed by atoms with van der Waals surface area (Å²) < 4.78 is 9.06. The highest BCUT2D eigenvalue weighted by atomic mass is 32.1. The standard InChI is InChI=1S/C39H31NO.C39H31NS/c2*1-27(2)28-21-23-32(24-22-28)40(33-15-8-13-30(25-33)29-11-4-3-5-12-29)34-16-9-14-31(26-34)35-18-10-19-37-36-17-6-7-20-38(36)41-39(35)37/h2*3-27H,1-2H3. The van der Waals surface area contributed by atoms with Crippen molar-refractivity contribution >= 4 is 87.6 Å². The molecule has 0 aliphatic heterocycles. The molecule has 0 N–H and O–H groups in total. The molecule has 14 rings (SSSR count). The summed E-state index contributed by atoms with van der Waals surface area (Å²) in [6.07, 6.45) is 0. The largest absolute Gasteiger partial charge is 0.455 e. The quantitative estimate of drug-likeness (QED) is 0.122. The van der Waals surface area contributed by atoms with Crippen LogP contribution in [0.2, 0.25) is 0 Å². The third-order valence-corrected chi connectivity index (χ3v) is 16.9. The zero-order chi connectivity index (χ0) is 55.5. The highest BCUT2D eigenvalue weighted by Gasteiger charge is 2.20. The summed E-state index contributed by atoms with van der Waals surface area (Å²) in [5.41, 5.74) is 20.8. The molecule has 0 saturated heterocycles. The summed E-state index contributed by atoms with van der Waals surface area (Å²) in [5.74, 6) is 0.968. The van der Waals surface area contributed by atoms with E-state index in [0.717, 1.165) is 67.2 Å². The molecule has 14 aromatic rings. The number of benzene rings is 12. The SMILES string of the molecule is CC(C)c1ccc(N(c2cccc(-c3ccccc3)c2)c2cccc(-c3cccc4c3oc3ccccc34)c2)cc1.CC(C)c1ccc(N(c2cccc(-c3ccccc3)c2)c2cccc(-c3cccc4c3sc3ccccc34)c2)cc1. The van der Waals surface area contributed by atoms with Gasteiger partial charge in [-0.15, -0.1) is 11.3 Å². The van der Waals surface area contributed by atoms with E-state index in [9.17, 15) is 0 Å². The Labute approximate surface area is 485 Å². The molecule has 0 saturated carbocycles. The Morgan fingerprint density at radius 3 is 1.21 bits per heavy atom. The van der Waals surface area contributed by atoms with Gasteiger partial charge in [0.15, 0.2) is 0 Å². The molecule has 0 spiro atoms. The van der Waals surface area contributed by atoms with Crippen LogP contribution in [0.1, 0.15) is 50.7 Å². The number of para-hydroxylation sites is 2. The number of hydrogen-bond acceptors (Lipinski definition) is 4. The molecule has 0 aliphatic carbocycles. The first-order valence-electron chi connectivity index (χ1n) is 28.4. The number of thiophene rings is 1. The molecular weight excluding hydrogens is 1010 g/mol. The van der Waals surface area contributed by atoms with Crippen molar-refractivity contribution in [2.24, 2.45) is 0 Å². The summed E-state index contributed by atoms with van der Waals surface area (Å²) in [6, 6.07) is 105. The molecule has 2 heterocycles. The minimum absolute atomic E-state index is 0.478. The van der Waals surface area contributed by atoms with E-state index < -0.39 is 0 Å². The van der Waals surface area contributed by atoms with E-state index >= 15 is 0 Å². The van der Waals surface area contributed by atoms with Crippen LogP contribution in [-0.2, 0) is 0 Å². The lowest BCUT2D eigenvalue weighted by molar-refractivity contribution is 0.670. The second kappa shape index (κ2) is 22.8. The average molecular weight is 1080 g/mol. The molecule has 0 aliphatic rings. The maximum absolute atomic E-state index is 6.39. The normalized spacial score (nSPS) is 11.4. The van der Waals surface area contributed by atoms with Gasteiger partial charge >= 0.3 is 0 Å². The predicted octanol–water partition coefficient (Wildman–Crippen LogP) is 23.5. The molecule has 0 amide bonds. The summed E-state index contributed by atoms with van der Waals surface area (Å²) >= 11 is 1.88. The maximum atomic E-state index is 6.39. The molecule has 3 nitrogen and oxygen atoms in total. The van der Waals surface area contributed by atoms with Crippen molar-refractivity contribution in [3.8, 4) is 44.5 Å². The van der Waals surface area contributed by atoms with Crippen molar-refractivity contribution in [2.45, 2.75) is 39.5 Å². The average Bonchev–Trinajstić information content (AvgIpc) is 4.32. The van der Waals surface area contributed by atoms with Gasteiger partial charge in [0, 0.05) is 70.6 Å². The van der Waals surface area contributed by atoms with Gasteiger partial charge in [-0.3, -0.25) is 0 Å². The van der Waals surface area contributed by atoms with Crippen LogP contribution in [0.4, 0.5) is 34.1 Å². The van der Waals surface area contributed by atoms with Crippen molar-refractivity contribution in [3.05, 3.63) is 302 Å². The van der Waals surface area contributed by atoms with E-state index in [1.165, 1.54) is 64.7 Å². The molecule has 0 bridgehead atoms. The fourth-order valence-electron chi connectivity index (χ4n) is 11.4. The number of fused-ring (bicyclic) bond motifs is 6. The van der Waals surface area contributed by atoms with Crippen molar-refractivity contribution in [1.82, 2.24) is 0 Å². The van der Waals surface area contributed by atoms with E-state index in [4.69, 9.17) is 4.42 Å². The fourth-order valence-corrected chi connectivity index (χ4v) is 12.6. The molecule has 2 aromatic heterocycles. The number of anilines is 6. The van der Waals surface area contributed by atoms with Gasteiger partial charge in [0.1, 0.15) is 11.2 Å². The van der Waals surface area contributed by atoms with Crippen molar-refractivity contribution in [2.75, 3.05) is 9.80 Å². The highest BCUT2D eigenvalue weighted by Crippen LogP contribution is 2.45. The van der Waals surface area contributed by atoms with Crippen molar-refractivity contribution in [3.63, 3.8) is 0 Å². The van der Waals surface area contributed by atoms with Crippen LogP contribution in [0.5, 0.6) is 0 Å².